The van der Waals surface area contributed by atoms with E-state index in [1.807, 2.05) is 0 Å². The summed E-state index contributed by atoms with van der Waals surface area (Å²) in [7, 11) is -3.51. The van der Waals surface area contributed by atoms with Crippen molar-refractivity contribution >= 4 is 27.7 Å². The van der Waals surface area contributed by atoms with Crippen LogP contribution in [-0.2, 0) is 14.8 Å². The molecule has 0 aliphatic heterocycles. The lowest BCUT2D eigenvalue weighted by atomic mass is 10.2. The van der Waals surface area contributed by atoms with Crippen molar-refractivity contribution in [3.8, 4) is 11.5 Å². The van der Waals surface area contributed by atoms with E-state index in [1.165, 1.54) is 41.0 Å². The second-order valence-corrected chi connectivity index (χ2v) is 9.69. The van der Waals surface area contributed by atoms with Crippen molar-refractivity contribution in [2.45, 2.75) is 55.7 Å². The minimum absolute atomic E-state index is 0.0346. The highest BCUT2D eigenvalue weighted by molar-refractivity contribution is 7.99. The molecule has 29 heavy (non-hydrogen) atoms. The van der Waals surface area contributed by atoms with Gasteiger partial charge >= 0.3 is 0 Å². The summed E-state index contributed by atoms with van der Waals surface area (Å²) in [4.78, 5) is 12.2. The van der Waals surface area contributed by atoms with Crippen LogP contribution in [0.4, 0.5) is 0 Å². The van der Waals surface area contributed by atoms with Crippen LogP contribution in [0, 0.1) is 0 Å². The molecular formula is C19H26N4O4S2. The van der Waals surface area contributed by atoms with Gasteiger partial charge in [0.15, 0.2) is 0 Å². The molecule has 0 unspecified atom stereocenters. The number of sulfonamides is 1. The average molecular weight is 439 g/mol. The number of nitrogens with one attached hydrogen (secondary N) is 1. The summed E-state index contributed by atoms with van der Waals surface area (Å²) in [6.07, 6.45) is 4.42. The SMILES string of the molecule is CCN(CC)S(=O)(=O)c1ccc(-c2nnc(SCC(=O)NC3CCCC3)o2)cc1. The van der Waals surface area contributed by atoms with Gasteiger partial charge in [0, 0.05) is 24.7 Å². The number of nitrogens with zero attached hydrogens (tertiary/aromatic N) is 3. The van der Waals surface area contributed by atoms with Crippen molar-refractivity contribution < 1.29 is 17.6 Å². The molecule has 1 fully saturated rings. The van der Waals surface area contributed by atoms with E-state index in [-0.39, 0.29) is 28.5 Å². The van der Waals surface area contributed by atoms with Gasteiger partial charge in [0.05, 0.1) is 10.6 Å². The summed E-state index contributed by atoms with van der Waals surface area (Å²) >= 11 is 1.19. The van der Waals surface area contributed by atoms with Gasteiger partial charge in [-0.15, -0.1) is 10.2 Å². The third-order valence-corrected chi connectivity index (χ3v) is 7.78. The van der Waals surface area contributed by atoms with Gasteiger partial charge in [0.25, 0.3) is 5.22 Å². The quantitative estimate of drug-likeness (QED) is 0.600. The zero-order chi connectivity index (χ0) is 20.9. The Morgan fingerprint density at radius 3 is 2.45 bits per heavy atom. The van der Waals surface area contributed by atoms with Crippen LogP contribution in [0.15, 0.2) is 38.8 Å². The fourth-order valence-electron chi connectivity index (χ4n) is 3.33. The van der Waals surface area contributed by atoms with Crippen LogP contribution >= 0.6 is 11.8 Å². The van der Waals surface area contributed by atoms with Crippen LogP contribution in [0.5, 0.6) is 0 Å². The zero-order valence-corrected chi connectivity index (χ0v) is 18.3. The number of aromatic nitrogens is 2. The first-order valence-corrected chi connectivity index (χ1v) is 12.2. The van der Waals surface area contributed by atoms with Crippen molar-refractivity contribution in [3.05, 3.63) is 24.3 Å². The highest BCUT2D eigenvalue weighted by Crippen LogP contribution is 2.25. The van der Waals surface area contributed by atoms with Gasteiger partial charge in [-0.3, -0.25) is 4.79 Å². The summed E-state index contributed by atoms with van der Waals surface area (Å²) in [5.41, 5.74) is 0.623. The Morgan fingerprint density at radius 1 is 1.17 bits per heavy atom. The highest BCUT2D eigenvalue weighted by atomic mass is 32.2. The van der Waals surface area contributed by atoms with E-state index in [1.54, 1.807) is 26.0 Å². The van der Waals surface area contributed by atoms with Crippen molar-refractivity contribution in [1.82, 2.24) is 19.8 Å². The van der Waals surface area contributed by atoms with Crippen molar-refractivity contribution in [3.63, 3.8) is 0 Å². The lowest BCUT2D eigenvalue weighted by Crippen LogP contribution is -2.33. The molecule has 1 heterocycles. The topological polar surface area (TPSA) is 105 Å². The maximum Gasteiger partial charge on any atom is 0.277 e. The van der Waals surface area contributed by atoms with Gasteiger partial charge in [-0.25, -0.2) is 8.42 Å². The van der Waals surface area contributed by atoms with Crippen LogP contribution < -0.4 is 5.32 Å². The molecule has 10 heteroatoms. The van der Waals surface area contributed by atoms with E-state index in [0.29, 0.717) is 23.9 Å². The van der Waals surface area contributed by atoms with E-state index in [2.05, 4.69) is 15.5 Å². The van der Waals surface area contributed by atoms with E-state index >= 15 is 0 Å². The lowest BCUT2D eigenvalue weighted by Gasteiger charge is -2.18. The van der Waals surface area contributed by atoms with E-state index in [9.17, 15) is 13.2 Å². The number of hydrogen-bond acceptors (Lipinski definition) is 7. The molecule has 0 atom stereocenters. The Morgan fingerprint density at radius 2 is 1.83 bits per heavy atom. The molecule has 3 rings (SSSR count). The monoisotopic (exact) mass is 438 g/mol. The van der Waals surface area contributed by atoms with Crippen LogP contribution in [0.1, 0.15) is 39.5 Å². The number of hydrogen-bond donors (Lipinski definition) is 1. The fraction of sp³-hybridized carbons (Fsp3) is 0.526. The van der Waals surface area contributed by atoms with E-state index in [0.717, 1.165) is 12.8 Å². The molecule has 0 spiro atoms. The summed E-state index contributed by atoms with van der Waals surface area (Å²) in [5.74, 6) is 0.474. The van der Waals surface area contributed by atoms with E-state index in [4.69, 9.17) is 4.42 Å². The van der Waals surface area contributed by atoms with Gasteiger partial charge in [-0.2, -0.15) is 4.31 Å². The molecule has 0 bridgehead atoms. The average Bonchev–Trinajstić information content (AvgIpc) is 3.39. The summed E-state index contributed by atoms with van der Waals surface area (Å²) in [6, 6.07) is 6.65. The van der Waals surface area contributed by atoms with Gasteiger partial charge in [-0.1, -0.05) is 38.5 Å². The Labute approximate surface area is 175 Å². The van der Waals surface area contributed by atoms with Gasteiger partial charge in [-0.05, 0) is 37.1 Å². The van der Waals surface area contributed by atoms with Gasteiger partial charge in [0.1, 0.15) is 0 Å². The summed E-state index contributed by atoms with van der Waals surface area (Å²) in [5, 5.41) is 11.3. The first-order chi connectivity index (χ1) is 13.9. The minimum atomic E-state index is -3.51. The summed E-state index contributed by atoms with van der Waals surface area (Å²) < 4.78 is 32.1. The van der Waals surface area contributed by atoms with E-state index < -0.39 is 10.0 Å². The molecule has 8 nitrogen and oxygen atoms in total. The molecule has 1 amide bonds. The Balaban J connectivity index is 1.60. The molecule has 0 saturated heterocycles. The molecule has 2 aromatic rings. The number of amides is 1. The first kappa shape index (κ1) is 21.8. The normalized spacial score (nSPS) is 15.1. The molecule has 1 aromatic carbocycles. The number of thioether (sulfide) groups is 1. The number of benzene rings is 1. The Kier molecular flexibility index (Phi) is 7.31. The van der Waals surface area contributed by atoms with Gasteiger partial charge in [0.2, 0.25) is 21.8 Å². The Bertz CT molecular complexity index is 918. The second-order valence-electron chi connectivity index (χ2n) is 6.82. The van der Waals surface area contributed by atoms with Crippen molar-refractivity contribution in [2.24, 2.45) is 0 Å². The Hall–Kier alpha value is -1.91. The maximum atomic E-state index is 12.6. The third-order valence-electron chi connectivity index (χ3n) is 4.90. The van der Waals surface area contributed by atoms with Crippen LogP contribution in [-0.4, -0.2) is 53.7 Å². The predicted molar refractivity (Wildman–Crippen MR) is 111 cm³/mol. The van der Waals surface area contributed by atoms with Crippen LogP contribution in [0.2, 0.25) is 0 Å². The smallest absolute Gasteiger partial charge is 0.277 e. The molecule has 1 aliphatic carbocycles. The molecule has 1 saturated carbocycles. The molecule has 158 valence electrons. The van der Waals surface area contributed by atoms with Crippen LogP contribution in [0.3, 0.4) is 0 Å². The maximum absolute atomic E-state index is 12.6. The third kappa shape index (κ3) is 5.37. The molecule has 1 aliphatic rings. The van der Waals surface area contributed by atoms with Gasteiger partial charge < -0.3 is 9.73 Å². The standard InChI is InChI=1S/C19H26N4O4S2/c1-3-23(4-2)29(25,26)16-11-9-14(10-12-16)18-21-22-19(27-18)28-13-17(24)20-15-7-5-6-8-15/h9-12,15H,3-8,13H2,1-2H3,(H,20,24). The molecular weight excluding hydrogens is 412 g/mol. The number of carbonyl (C=O) groups is 1. The molecule has 0 radical (unpaired) electrons. The number of carbonyl (C=O) groups excluding carboxylic acids is 1. The largest absolute Gasteiger partial charge is 0.411 e. The highest BCUT2D eigenvalue weighted by Gasteiger charge is 2.22. The van der Waals surface area contributed by atoms with Crippen molar-refractivity contribution in [1.29, 1.82) is 0 Å². The van der Waals surface area contributed by atoms with Crippen LogP contribution in [0.25, 0.3) is 11.5 Å². The predicted octanol–water partition coefficient (Wildman–Crippen LogP) is 2.92. The zero-order valence-electron chi connectivity index (χ0n) is 16.6. The fourth-order valence-corrected chi connectivity index (χ4v) is 5.37. The molecule has 1 N–H and O–H groups in total. The molecule has 1 aromatic heterocycles. The number of rotatable bonds is 9. The lowest BCUT2D eigenvalue weighted by molar-refractivity contribution is -0.119. The minimum Gasteiger partial charge on any atom is -0.411 e. The van der Waals surface area contributed by atoms with Crippen molar-refractivity contribution in [2.75, 3.05) is 18.8 Å². The second kappa shape index (κ2) is 9.73. The summed E-state index contributed by atoms with van der Waals surface area (Å²) in [6.45, 7) is 4.44. The first-order valence-electron chi connectivity index (χ1n) is 9.80.